The first-order chi connectivity index (χ1) is 13.5. The van der Waals surface area contributed by atoms with Gasteiger partial charge in [0.05, 0.1) is 22.2 Å². The highest BCUT2D eigenvalue weighted by atomic mass is 16.6. The first-order valence-electron chi connectivity index (χ1n) is 8.46. The van der Waals surface area contributed by atoms with Gasteiger partial charge in [0.2, 0.25) is 0 Å². The minimum Gasteiger partial charge on any atom is -0.329 e. The maximum Gasteiger partial charge on any atom is 0.271 e. The number of nitro benzene ring substituents is 1. The van der Waals surface area contributed by atoms with Crippen molar-refractivity contribution < 1.29 is 4.92 Å². The van der Waals surface area contributed by atoms with Crippen molar-refractivity contribution >= 4 is 44.8 Å². The van der Waals surface area contributed by atoms with Gasteiger partial charge in [-0.3, -0.25) is 19.2 Å². The summed E-state index contributed by atoms with van der Waals surface area (Å²) in [7, 11) is 3.79. The molecule has 0 amide bonds. The molecule has 0 aliphatic heterocycles. The predicted octanol–water partition coefficient (Wildman–Crippen LogP) is 2.84. The Morgan fingerprint density at radius 2 is 2.00 bits per heavy atom. The molecule has 0 saturated carbocycles. The van der Waals surface area contributed by atoms with Crippen LogP contribution in [-0.2, 0) is 7.05 Å². The Hall–Kier alpha value is -4.08. The van der Waals surface area contributed by atoms with E-state index in [4.69, 9.17) is 0 Å². The molecule has 2 aromatic carbocycles. The van der Waals surface area contributed by atoms with Gasteiger partial charge in [-0.2, -0.15) is 10.1 Å². The number of hydrogen-bond acceptors (Lipinski definition) is 7. The molecular weight excluding hydrogens is 360 g/mol. The number of hydrogen-bond donors (Lipinski definition) is 0. The van der Waals surface area contributed by atoms with Crippen LogP contribution in [0.4, 0.5) is 17.2 Å². The van der Waals surface area contributed by atoms with Crippen LogP contribution in [0, 0.1) is 10.1 Å². The Bertz CT molecular complexity index is 1390. The van der Waals surface area contributed by atoms with Gasteiger partial charge in [-0.25, -0.2) is 0 Å². The molecule has 5 aromatic rings. The van der Waals surface area contributed by atoms with Crippen LogP contribution in [0.5, 0.6) is 0 Å². The highest BCUT2D eigenvalue weighted by molar-refractivity contribution is 5.95. The van der Waals surface area contributed by atoms with Crippen LogP contribution in [0.25, 0.3) is 27.6 Å². The number of non-ortho nitro benzene ring substituents is 1. The first-order valence-corrected chi connectivity index (χ1v) is 8.46. The van der Waals surface area contributed by atoms with Crippen molar-refractivity contribution in [3.8, 4) is 0 Å². The highest BCUT2D eigenvalue weighted by Crippen LogP contribution is 2.33. The van der Waals surface area contributed by atoms with Crippen LogP contribution in [0.2, 0.25) is 0 Å². The number of aryl methyl sites for hydroxylation is 1. The van der Waals surface area contributed by atoms with E-state index in [-0.39, 0.29) is 5.69 Å². The summed E-state index contributed by atoms with van der Waals surface area (Å²) < 4.78 is 3.45. The molecule has 5 rings (SSSR count). The maximum absolute atomic E-state index is 11.2. The van der Waals surface area contributed by atoms with Gasteiger partial charge in [0.15, 0.2) is 0 Å². The van der Waals surface area contributed by atoms with Crippen molar-refractivity contribution in [1.29, 1.82) is 0 Å². The standard InChI is InChI=1S/C18H14N8O2/c1-23(12-4-3-11-9-20-24(2)15(11)7-12)17-14-6-5-13(26(27)28)8-16(14)25-10-19-22-18(25)21-17/h3-10H,1-2H3. The quantitative estimate of drug-likeness (QED) is 0.353. The Balaban J connectivity index is 1.75. The van der Waals surface area contributed by atoms with E-state index in [1.807, 2.05) is 48.1 Å². The summed E-state index contributed by atoms with van der Waals surface area (Å²) in [6, 6.07) is 10.7. The second-order valence-electron chi connectivity index (χ2n) is 6.47. The maximum atomic E-state index is 11.2. The molecule has 10 heteroatoms. The van der Waals surface area contributed by atoms with Crippen molar-refractivity contribution in [3.05, 3.63) is 59.0 Å². The molecular formula is C18H14N8O2. The third kappa shape index (κ3) is 2.28. The minimum absolute atomic E-state index is 0.00129. The summed E-state index contributed by atoms with van der Waals surface area (Å²) in [5.41, 5.74) is 2.52. The number of fused-ring (bicyclic) bond motifs is 4. The van der Waals surface area contributed by atoms with E-state index in [2.05, 4.69) is 20.3 Å². The van der Waals surface area contributed by atoms with Crippen molar-refractivity contribution in [1.82, 2.24) is 29.4 Å². The van der Waals surface area contributed by atoms with E-state index in [0.717, 1.165) is 22.0 Å². The zero-order valence-corrected chi connectivity index (χ0v) is 15.0. The molecule has 0 atom stereocenters. The Kier molecular flexibility index (Phi) is 3.29. The molecule has 0 saturated heterocycles. The van der Waals surface area contributed by atoms with Gasteiger partial charge in [-0.05, 0) is 24.3 Å². The smallest absolute Gasteiger partial charge is 0.271 e. The van der Waals surface area contributed by atoms with Crippen molar-refractivity contribution in [2.24, 2.45) is 7.05 Å². The fourth-order valence-electron chi connectivity index (χ4n) is 3.37. The molecule has 3 aromatic heterocycles. The number of nitro groups is 1. The van der Waals surface area contributed by atoms with Gasteiger partial charge in [0.25, 0.3) is 11.5 Å². The second kappa shape index (κ2) is 5.71. The first kappa shape index (κ1) is 16.1. The van der Waals surface area contributed by atoms with Gasteiger partial charge >= 0.3 is 0 Å². The molecule has 0 spiro atoms. The van der Waals surface area contributed by atoms with Crippen LogP contribution in [0.1, 0.15) is 0 Å². The highest BCUT2D eigenvalue weighted by Gasteiger charge is 2.18. The number of rotatable bonds is 3. The lowest BCUT2D eigenvalue weighted by Gasteiger charge is -2.20. The number of benzene rings is 2. The average Bonchev–Trinajstić information content (AvgIpc) is 3.33. The predicted molar refractivity (Wildman–Crippen MR) is 104 cm³/mol. The van der Waals surface area contributed by atoms with Crippen LogP contribution in [-0.4, -0.2) is 41.3 Å². The van der Waals surface area contributed by atoms with Crippen LogP contribution >= 0.6 is 0 Å². The molecule has 10 nitrogen and oxygen atoms in total. The molecule has 3 heterocycles. The van der Waals surface area contributed by atoms with Crippen LogP contribution in [0.15, 0.2) is 48.9 Å². The Morgan fingerprint density at radius 1 is 1.14 bits per heavy atom. The lowest BCUT2D eigenvalue weighted by molar-refractivity contribution is -0.384. The normalized spacial score (nSPS) is 11.5. The molecule has 0 aliphatic carbocycles. The van der Waals surface area contributed by atoms with E-state index in [1.54, 1.807) is 10.5 Å². The summed E-state index contributed by atoms with van der Waals surface area (Å²) >= 11 is 0. The van der Waals surface area contributed by atoms with E-state index in [1.165, 1.54) is 18.5 Å². The Labute approximate surface area is 157 Å². The van der Waals surface area contributed by atoms with Gasteiger partial charge in [-0.1, -0.05) is 0 Å². The van der Waals surface area contributed by atoms with Crippen molar-refractivity contribution in [3.63, 3.8) is 0 Å². The summed E-state index contributed by atoms with van der Waals surface area (Å²) in [4.78, 5) is 17.4. The molecule has 28 heavy (non-hydrogen) atoms. The van der Waals surface area contributed by atoms with Gasteiger partial charge in [-0.15, -0.1) is 10.2 Å². The molecule has 0 aliphatic rings. The molecule has 0 fully saturated rings. The summed E-state index contributed by atoms with van der Waals surface area (Å²) in [5.74, 6) is 1.00. The fourth-order valence-corrected chi connectivity index (χ4v) is 3.37. The number of anilines is 2. The third-order valence-corrected chi connectivity index (χ3v) is 4.87. The zero-order valence-electron chi connectivity index (χ0n) is 15.0. The average molecular weight is 374 g/mol. The molecule has 0 unspecified atom stereocenters. The molecule has 138 valence electrons. The fraction of sp³-hybridized carbons (Fsp3) is 0.111. The van der Waals surface area contributed by atoms with Crippen LogP contribution < -0.4 is 4.90 Å². The molecule has 0 radical (unpaired) electrons. The van der Waals surface area contributed by atoms with Gasteiger partial charge < -0.3 is 4.90 Å². The topological polar surface area (TPSA) is 107 Å². The zero-order chi connectivity index (χ0) is 19.4. The largest absolute Gasteiger partial charge is 0.329 e. The van der Waals surface area contributed by atoms with E-state index in [0.29, 0.717) is 17.1 Å². The molecule has 0 bridgehead atoms. The van der Waals surface area contributed by atoms with E-state index in [9.17, 15) is 10.1 Å². The van der Waals surface area contributed by atoms with E-state index >= 15 is 0 Å². The van der Waals surface area contributed by atoms with E-state index < -0.39 is 4.92 Å². The summed E-state index contributed by atoms with van der Waals surface area (Å²) in [6.07, 6.45) is 3.31. The van der Waals surface area contributed by atoms with Crippen LogP contribution in [0.3, 0.4) is 0 Å². The lowest BCUT2D eigenvalue weighted by atomic mass is 10.2. The molecule has 0 N–H and O–H groups in total. The summed E-state index contributed by atoms with van der Waals surface area (Å²) in [6.45, 7) is 0. The SMILES string of the molecule is CN(c1ccc2cnn(C)c2c1)c1nc2nncn2c2cc([N+](=O)[O-])ccc12. The van der Waals surface area contributed by atoms with Crippen molar-refractivity contribution in [2.75, 3.05) is 11.9 Å². The van der Waals surface area contributed by atoms with Gasteiger partial charge in [0, 0.05) is 42.7 Å². The number of aromatic nitrogens is 6. The minimum atomic E-state index is -0.421. The third-order valence-electron chi connectivity index (χ3n) is 4.87. The van der Waals surface area contributed by atoms with Gasteiger partial charge in [0.1, 0.15) is 12.1 Å². The second-order valence-corrected chi connectivity index (χ2v) is 6.47. The van der Waals surface area contributed by atoms with Crippen molar-refractivity contribution in [2.45, 2.75) is 0 Å². The lowest BCUT2D eigenvalue weighted by Crippen LogP contribution is -2.13. The summed E-state index contributed by atoms with van der Waals surface area (Å²) in [5, 5.41) is 25.2. The Morgan fingerprint density at radius 3 is 2.82 bits per heavy atom. The number of nitrogens with zero attached hydrogens (tertiary/aromatic N) is 8. The monoisotopic (exact) mass is 374 g/mol.